The second-order valence-corrected chi connectivity index (χ2v) is 7.63. The standard InChI is InChI=1S/C15H11F3N2OS.C8H10/c1-22-13-8-19-7-6-10(13)14-20-11-4-2-9(15(16,17)18)3-5-12(11)21-14;1-7-3-5-8(2)6-4-7/h2-9H,1H3;3-6H,1-2H3. The number of oxazole rings is 1. The van der Waals surface area contributed by atoms with Crippen LogP contribution in [0.25, 0.3) is 23.6 Å². The van der Waals surface area contributed by atoms with Crippen molar-refractivity contribution in [1.82, 2.24) is 9.97 Å². The topological polar surface area (TPSA) is 38.9 Å². The smallest absolute Gasteiger partial charge is 0.398 e. The predicted octanol–water partition coefficient (Wildman–Crippen LogP) is 6.98. The summed E-state index contributed by atoms with van der Waals surface area (Å²) in [6, 6.07) is 10.2. The van der Waals surface area contributed by atoms with Crippen molar-refractivity contribution in [2.45, 2.75) is 24.9 Å². The molecule has 0 saturated carbocycles. The minimum atomic E-state index is -4.31. The van der Waals surface area contributed by atoms with Crippen LogP contribution < -0.4 is 0 Å². The second-order valence-electron chi connectivity index (χ2n) is 6.78. The first-order valence-electron chi connectivity index (χ1n) is 9.23. The van der Waals surface area contributed by atoms with Gasteiger partial charge in [0.05, 0.1) is 11.5 Å². The van der Waals surface area contributed by atoms with Gasteiger partial charge in [0.15, 0.2) is 5.76 Å². The van der Waals surface area contributed by atoms with E-state index in [2.05, 4.69) is 48.1 Å². The fourth-order valence-electron chi connectivity index (χ4n) is 2.72. The third-order valence-corrected chi connectivity index (χ3v) is 5.19. The van der Waals surface area contributed by atoms with E-state index in [1.54, 1.807) is 18.5 Å². The van der Waals surface area contributed by atoms with Crippen molar-refractivity contribution >= 4 is 23.9 Å². The highest BCUT2D eigenvalue weighted by Crippen LogP contribution is 2.35. The number of pyridine rings is 1. The Morgan fingerprint density at radius 1 is 0.967 bits per heavy atom. The van der Waals surface area contributed by atoms with Gasteiger partial charge in [-0.05, 0) is 38.3 Å². The lowest BCUT2D eigenvalue weighted by molar-refractivity contribution is -0.148. The number of hydrogen-bond donors (Lipinski definition) is 0. The fraction of sp³-hybridized carbons (Fsp3) is 0.217. The van der Waals surface area contributed by atoms with Crippen LogP contribution in [-0.4, -0.2) is 22.4 Å². The number of fused-ring (bicyclic) bond motifs is 1. The van der Waals surface area contributed by atoms with Gasteiger partial charge in [0, 0.05) is 17.3 Å². The van der Waals surface area contributed by atoms with E-state index in [-0.39, 0.29) is 0 Å². The molecule has 30 heavy (non-hydrogen) atoms. The summed E-state index contributed by atoms with van der Waals surface area (Å²) in [5, 5.41) is 0. The van der Waals surface area contributed by atoms with Crippen molar-refractivity contribution in [3.05, 3.63) is 77.5 Å². The molecule has 7 heteroatoms. The highest BCUT2D eigenvalue weighted by Gasteiger charge is 2.36. The molecule has 0 bridgehead atoms. The summed E-state index contributed by atoms with van der Waals surface area (Å²) in [4.78, 5) is 9.21. The van der Waals surface area contributed by atoms with Gasteiger partial charge in [-0.15, -0.1) is 11.8 Å². The summed E-state index contributed by atoms with van der Waals surface area (Å²) in [7, 11) is 0. The van der Waals surface area contributed by atoms with Crippen LogP contribution in [0.1, 0.15) is 22.6 Å². The number of aromatic nitrogens is 2. The molecule has 1 aliphatic carbocycles. The quantitative estimate of drug-likeness (QED) is 0.411. The maximum atomic E-state index is 12.7. The highest BCUT2D eigenvalue weighted by atomic mass is 32.2. The number of thioether (sulfide) groups is 1. The molecule has 2 aromatic heterocycles. The molecule has 4 rings (SSSR count). The molecule has 156 valence electrons. The van der Waals surface area contributed by atoms with E-state index in [1.165, 1.54) is 35.0 Å². The molecule has 0 aliphatic heterocycles. The number of rotatable bonds is 2. The zero-order valence-corrected chi connectivity index (χ0v) is 17.6. The minimum absolute atomic E-state index is 0.321. The maximum absolute atomic E-state index is 12.7. The summed E-state index contributed by atoms with van der Waals surface area (Å²) >= 11 is 1.50. The number of halogens is 3. The molecule has 0 radical (unpaired) electrons. The van der Waals surface area contributed by atoms with Gasteiger partial charge in [0.25, 0.3) is 0 Å². The molecular formula is C23H21F3N2OS. The number of hydrogen-bond acceptors (Lipinski definition) is 4. The summed E-state index contributed by atoms with van der Waals surface area (Å²) in [6.45, 7) is 4.19. The number of aryl methyl sites for hydroxylation is 2. The Hall–Kier alpha value is -2.80. The first-order valence-corrected chi connectivity index (χ1v) is 10.5. The highest BCUT2D eigenvalue weighted by molar-refractivity contribution is 7.98. The molecule has 0 saturated heterocycles. The molecule has 1 unspecified atom stereocenters. The minimum Gasteiger partial charge on any atom is -0.436 e. The summed E-state index contributed by atoms with van der Waals surface area (Å²) in [6.07, 6.45) is 5.73. The van der Waals surface area contributed by atoms with Crippen LogP contribution in [0.2, 0.25) is 0 Å². The lowest BCUT2D eigenvalue weighted by atomic mass is 10.1. The van der Waals surface area contributed by atoms with Crippen molar-refractivity contribution in [3.8, 4) is 11.5 Å². The monoisotopic (exact) mass is 430 g/mol. The largest absolute Gasteiger partial charge is 0.436 e. The van der Waals surface area contributed by atoms with Crippen molar-refractivity contribution in [1.29, 1.82) is 0 Å². The van der Waals surface area contributed by atoms with E-state index in [0.717, 1.165) is 22.6 Å². The molecule has 3 aromatic rings. The van der Waals surface area contributed by atoms with Gasteiger partial charge in [0.1, 0.15) is 5.69 Å². The van der Waals surface area contributed by atoms with E-state index >= 15 is 0 Å². The zero-order valence-electron chi connectivity index (χ0n) is 16.8. The molecular weight excluding hydrogens is 409 g/mol. The van der Waals surface area contributed by atoms with Crippen LogP contribution in [0.4, 0.5) is 13.2 Å². The zero-order chi connectivity index (χ0) is 21.7. The maximum Gasteiger partial charge on any atom is 0.398 e. The predicted molar refractivity (Wildman–Crippen MR) is 115 cm³/mol. The van der Waals surface area contributed by atoms with E-state index < -0.39 is 12.1 Å². The summed E-state index contributed by atoms with van der Waals surface area (Å²) in [5.74, 6) is -0.929. The van der Waals surface area contributed by atoms with Gasteiger partial charge in [-0.1, -0.05) is 47.5 Å². The van der Waals surface area contributed by atoms with Gasteiger partial charge >= 0.3 is 6.18 Å². The van der Waals surface area contributed by atoms with E-state index in [9.17, 15) is 13.2 Å². The van der Waals surface area contributed by atoms with Crippen molar-refractivity contribution < 1.29 is 17.6 Å². The van der Waals surface area contributed by atoms with E-state index in [0.29, 0.717) is 17.3 Å². The van der Waals surface area contributed by atoms with Crippen LogP contribution in [0.5, 0.6) is 0 Å². The first-order chi connectivity index (χ1) is 14.3. The Balaban J connectivity index is 0.000000269. The molecule has 1 aliphatic rings. The SMILES string of the molecule is CSc1cnccc1-c1nc2c(o1)C=CC(C(F)(F)F)C=C2.Cc1ccc(C)cc1. The van der Waals surface area contributed by atoms with E-state index in [4.69, 9.17) is 4.42 Å². The Kier molecular flexibility index (Phi) is 6.82. The Morgan fingerprint density at radius 2 is 1.60 bits per heavy atom. The number of alkyl halides is 3. The van der Waals surface area contributed by atoms with Crippen molar-refractivity contribution in [3.63, 3.8) is 0 Å². The fourth-order valence-corrected chi connectivity index (χ4v) is 3.26. The molecule has 2 heterocycles. The van der Waals surface area contributed by atoms with Gasteiger partial charge in [-0.2, -0.15) is 13.2 Å². The van der Waals surface area contributed by atoms with Crippen LogP contribution in [-0.2, 0) is 0 Å². The molecule has 0 amide bonds. The van der Waals surface area contributed by atoms with Gasteiger partial charge in [-0.25, -0.2) is 4.98 Å². The van der Waals surface area contributed by atoms with Crippen LogP contribution in [0.15, 0.2) is 64.2 Å². The summed E-state index contributed by atoms with van der Waals surface area (Å²) in [5.41, 5.74) is 3.82. The van der Waals surface area contributed by atoms with Crippen molar-refractivity contribution in [2.24, 2.45) is 5.92 Å². The third-order valence-electron chi connectivity index (χ3n) is 4.43. The van der Waals surface area contributed by atoms with Crippen molar-refractivity contribution in [2.75, 3.05) is 6.26 Å². The Labute approximate surface area is 177 Å². The summed E-state index contributed by atoms with van der Waals surface area (Å²) < 4.78 is 43.8. The Morgan fingerprint density at radius 3 is 2.20 bits per heavy atom. The van der Waals surface area contributed by atoms with Crippen LogP contribution >= 0.6 is 11.8 Å². The van der Waals surface area contributed by atoms with Gasteiger partial charge in [-0.3, -0.25) is 4.98 Å². The number of nitrogens with zero attached hydrogens (tertiary/aromatic N) is 2. The number of allylic oxidation sites excluding steroid dienone is 2. The lowest BCUT2D eigenvalue weighted by Crippen LogP contribution is -2.18. The molecule has 0 fully saturated rings. The normalized spacial score (nSPS) is 15.2. The average Bonchev–Trinajstić information content (AvgIpc) is 3.01. The average molecular weight is 430 g/mol. The van der Waals surface area contributed by atoms with E-state index in [1.807, 2.05) is 6.26 Å². The van der Waals surface area contributed by atoms with Crippen LogP contribution in [0, 0.1) is 19.8 Å². The number of benzene rings is 1. The molecule has 0 spiro atoms. The first kappa shape index (κ1) is 21.9. The van der Waals surface area contributed by atoms with Gasteiger partial charge < -0.3 is 4.42 Å². The van der Waals surface area contributed by atoms with Gasteiger partial charge in [0.2, 0.25) is 5.89 Å². The molecule has 1 aromatic carbocycles. The third kappa shape index (κ3) is 5.42. The molecule has 1 atom stereocenters. The molecule has 0 N–H and O–H groups in total. The molecule has 3 nitrogen and oxygen atoms in total. The van der Waals surface area contributed by atoms with Crippen LogP contribution in [0.3, 0.4) is 0 Å². The lowest BCUT2D eigenvalue weighted by Gasteiger charge is -2.11. The Bertz CT molecular complexity index is 1000. The second kappa shape index (κ2) is 9.34.